The summed E-state index contributed by atoms with van der Waals surface area (Å²) in [6.45, 7) is 3.70. The number of ketones is 2. The van der Waals surface area contributed by atoms with Crippen LogP contribution in [0.25, 0.3) is 0 Å². The molecule has 1 aliphatic rings. The first-order chi connectivity index (χ1) is 7.15. The smallest absolute Gasteiger partial charge is 0.136 e. The molecule has 0 spiro atoms. The van der Waals surface area contributed by atoms with Crippen molar-refractivity contribution in [3.05, 3.63) is 12.2 Å². The normalized spacial score (nSPS) is 26.4. The number of carbonyl (C=O) groups is 2. The van der Waals surface area contributed by atoms with E-state index in [2.05, 4.69) is 19.1 Å². The van der Waals surface area contributed by atoms with Crippen molar-refractivity contribution in [2.75, 3.05) is 0 Å². The first kappa shape index (κ1) is 12.2. The Hall–Kier alpha value is -0.920. The standard InChI is InChI=1S/C13H20O2/c1-3-4-5-6-12-11(9-10(2)14)7-8-13(12)15/h4-5,11-12H,3,6-9H2,1-2H3/b5-4-/t11-,12+/m1/s1. The van der Waals surface area contributed by atoms with Crippen molar-refractivity contribution in [3.63, 3.8) is 0 Å². The van der Waals surface area contributed by atoms with E-state index in [1.807, 2.05) is 0 Å². The van der Waals surface area contributed by atoms with Crippen molar-refractivity contribution >= 4 is 11.6 Å². The van der Waals surface area contributed by atoms with Crippen LogP contribution in [0.15, 0.2) is 12.2 Å². The highest BCUT2D eigenvalue weighted by Gasteiger charge is 2.33. The quantitative estimate of drug-likeness (QED) is 0.651. The summed E-state index contributed by atoms with van der Waals surface area (Å²) in [5, 5.41) is 0. The van der Waals surface area contributed by atoms with Crippen molar-refractivity contribution < 1.29 is 9.59 Å². The molecule has 0 bridgehead atoms. The molecule has 0 unspecified atom stereocenters. The minimum atomic E-state index is 0.108. The lowest BCUT2D eigenvalue weighted by atomic mass is 9.88. The third-order valence-corrected chi connectivity index (χ3v) is 3.09. The summed E-state index contributed by atoms with van der Waals surface area (Å²) in [5.41, 5.74) is 0. The topological polar surface area (TPSA) is 34.1 Å². The summed E-state index contributed by atoms with van der Waals surface area (Å²) in [7, 11) is 0. The number of allylic oxidation sites excluding steroid dienone is 2. The summed E-state index contributed by atoms with van der Waals surface area (Å²) in [6.07, 6.45) is 8.17. The summed E-state index contributed by atoms with van der Waals surface area (Å²) in [5.74, 6) is 0.967. The van der Waals surface area contributed by atoms with Gasteiger partial charge >= 0.3 is 0 Å². The zero-order valence-corrected chi connectivity index (χ0v) is 9.66. The van der Waals surface area contributed by atoms with Gasteiger partial charge in [0.15, 0.2) is 0 Å². The van der Waals surface area contributed by atoms with Crippen molar-refractivity contribution in [1.82, 2.24) is 0 Å². The van der Waals surface area contributed by atoms with Gasteiger partial charge in [-0.1, -0.05) is 19.1 Å². The SMILES string of the molecule is CC/C=C\C[C@@H]1C(=O)CC[C@@H]1CC(C)=O. The molecule has 0 radical (unpaired) electrons. The predicted octanol–water partition coefficient (Wildman–Crippen LogP) is 2.92. The fraction of sp³-hybridized carbons (Fsp3) is 0.692. The van der Waals surface area contributed by atoms with Crippen LogP contribution >= 0.6 is 0 Å². The molecule has 2 nitrogen and oxygen atoms in total. The molecule has 2 heteroatoms. The summed E-state index contributed by atoms with van der Waals surface area (Å²) >= 11 is 0. The molecule has 1 rings (SSSR count). The van der Waals surface area contributed by atoms with Gasteiger partial charge in [-0.25, -0.2) is 0 Å². The maximum Gasteiger partial charge on any atom is 0.136 e. The molecule has 15 heavy (non-hydrogen) atoms. The van der Waals surface area contributed by atoms with Gasteiger partial charge in [0, 0.05) is 18.8 Å². The number of rotatable bonds is 5. The molecule has 0 amide bonds. The molecule has 0 aliphatic heterocycles. The van der Waals surface area contributed by atoms with Crippen LogP contribution in [-0.2, 0) is 9.59 Å². The molecule has 84 valence electrons. The number of carbonyl (C=O) groups excluding carboxylic acids is 2. The number of hydrogen-bond acceptors (Lipinski definition) is 2. The van der Waals surface area contributed by atoms with E-state index in [0.29, 0.717) is 24.5 Å². The van der Waals surface area contributed by atoms with Gasteiger partial charge in [-0.05, 0) is 32.1 Å². The molecule has 0 aromatic carbocycles. The molecule has 0 aromatic rings. The predicted molar refractivity (Wildman–Crippen MR) is 60.6 cm³/mol. The van der Waals surface area contributed by atoms with Crippen LogP contribution in [0, 0.1) is 11.8 Å². The zero-order valence-electron chi connectivity index (χ0n) is 9.66. The van der Waals surface area contributed by atoms with Gasteiger partial charge in [0.25, 0.3) is 0 Å². The summed E-state index contributed by atoms with van der Waals surface area (Å²) in [6, 6.07) is 0. The van der Waals surface area contributed by atoms with Gasteiger partial charge in [-0.2, -0.15) is 0 Å². The molecular formula is C13H20O2. The second kappa shape index (κ2) is 5.84. The molecule has 1 saturated carbocycles. The van der Waals surface area contributed by atoms with E-state index in [9.17, 15) is 9.59 Å². The van der Waals surface area contributed by atoms with Crippen LogP contribution in [0.2, 0.25) is 0 Å². The Kier molecular flexibility index (Phi) is 4.73. The van der Waals surface area contributed by atoms with E-state index in [0.717, 1.165) is 19.3 Å². The number of Topliss-reactive ketones (excluding diaryl/α,β-unsaturated/α-hetero) is 2. The Labute approximate surface area is 91.7 Å². The maximum absolute atomic E-state index is 11.6. The van der Waals surface area contributed by atoms with Crippen LogP contribution < -0.4 is 0 Å². The van der Waals surface area contributed by atoms with E-state index in [1.165, 1.54) is 0 Å². The van der Waals surface area contributed by atoms with Crippen LogP contribution in [0.5, 0.6) is 0 Å². The molecule has 0 N–H and O–H groups in total. The van der Waals surface area contributed by atoms with Gasteiger partial charge in [0.2, 0.25) is 0 Å². The van der Waals surface area contributed by atoms with Gasteiger partial charge in [-0.3, -0.25) is 4.79 Å². The first-order valence-corrected chi connectivity index (χ1v) is 5.82. The van der Waals surface area contributed by atoms with E-state index in [1.54, 1.807) is 6.92 Å². The molecular weight excluding hydrogens is 188 g/mol. The van der Waals surface area contributed by atoms with E-state index >= 15 is 0 Å². The van der Waals surface area contributed by atoms with E-state index in [-0.39, 0.29) is 11.7 Å². The summed E-state index contributed by atoms with van der Waals surface area (Å²) in [4.78, 5) is 22.7. The van der Waals surface area contributed by atoms with Crippen LogP contribution in [-0.4, -0.2) is 11.6 Å². The highest BCUT2D eigenvalue weighted by molar-refractivity contribution is 5.85. The molecule has 1 aliphatic carbocycles. The fourth-order valence-corrected chi connectivity index (χ4v) is 2.32. The Morgan fingerprint density at radius 1 is 1.47 bits per heavy atom. The number of hydrogen-bond donors (Lipinski definition) is 0. The monoisotopic (exact) mass is 208 g/mol. The largest absolute Gasteiger partial charge is 0.300 e. The van der Waals surface area contributed by atoms with E-state index < -0.39 is 0 Å². The maximum atomic E-state index is 11.6. The van der Waals surface area contributed by atoms with E-state index in [4.69, 9.17) is 0 Å². The molecule has 0 heterocycles. The molecule has 1 fully saturated rings. The second-order valence-corrected chi connectivity index (χ2v) is 4.39. The minimum absolute atomic E-state index is 0.108. The molecule has 0 saturated heterocycles. The van der Waals surface area contributed by atoms with Gasteiger partial charge in [0.1, 0.15) is 11.6 Å². The van der Waals surface area contributed by atoms with Crippen molar-refractivity contribution in [2.24, 2.45) is 11.8 Å². The average Bonchev–Trinajstić information content (AvgIpc) is 2.49. The third kappa shape index (κ3) is 3.61. The van der Waals surface area contributed by atoms with Gasteiger partial charge in [-0.15, -0.1) is 0 Å². The van der Waals surface area contributed by atoms with Crippen LogP contribution in [0.1, 0.15) is 46.0 Å². The first-order valence-electron chi connectivity index (χ1n) is 5.82. The lowest BCUT2D eigenvalue weighted by molar-refractivity contribution is -0.121. The summed E-state index contributed by atoms with van der Waals surface area (Å²) < 4.78 is 0. The Morgan fingerprint density at radius 2 is 2.20 bits per heavy atom. The fourth-order valence-electron chi connectivity index (χ4n) is 2.32. The highest BCUT2D eigenvalue weighted by atomic mass is 16.1. The van der Waals surface area contributed by atoms with Gasteiger partial charge < -0.3 is 4.79 Å². The third-order valence-electron chi connectivity index (χ3n) is 3.09. The Bertz CT molecular complexity index is 266. The van der Waals surface area contributed by atoms with Crippen molar-refractivity contribution in [2.45, 2.75) is 46.0 Å². The Balaban J connectivity index is 2.52. The van der Waals surface area contributed by atoms with Crippen LogP contribution in [0.3, 0.4) is 0 Å². The molecule has 2 atom stereocenters. The van der Waals surface area contributed by atoms with Crippen LogP contribution in [0.4, 0.5) is 0 Å². The lowest BCUT2D eigenvalue weighted by Crippen LogP contribution is -2.16. The highest BCUT2D eigenvalue weighted by Crippen LogP contribution is 2.34. The minimum Gasteiger partial charge on any atom is -0.300 e. The molecule has 0 aromatic heterocycles. The lowest BCUT2D eigenvalue weighted by Gasteiger charge is -2.14. The van der Waals surface area contributed by atoms with Crippen molar-refractivity contribution in [1.29, 1.82) is 0 Å². The van der Waals surface area contributed by atoms with Crippen molar-refractivity contribution in [3.8, 4) is 0 Å². The second-order valence-electron chi connectivity index (χ2n) is 4.39. The zero-order chi connectivity index (χ0) is 11.3. The Morgan fingerprint density at radius 3 is 2.80 bits per heavy atom. The van der Waals surface area contributed by atoms with Gasteiger partial charge in [0.05, 0.1) is 0 Å². The average molecular weight is 208 g/mol.